The third kappa shape index (κ3) is 23.1. The van der Waals surface area contributed by atoms with Crippen molar-refractivity contribution in [2.24, 2.45) is 0 Å². The Labute approximate surface area is 359 Å². The monoisotopic (exact) mass is 859 g/mol. The van der Waals surface area contributed by atoms with E-state index in [1.54, 1.807) is 0 Å². The Bertz CT molecular complexity index is 1130. The lowest BCUT2D eigenvalue weighted by Gasteiger charge is -2.42. The van der Waals surface area contributed by atoms with Gasteiger partial charge in [0.1, 0.15) is 54.9 Å². The largest absolute Gasteiger partial charge is 0.457 e. The Morgan fingerprint density at radius 3 is 1.70 bits per heavy atom. The number of aliphatic hydroxyl groups is 7. The van der Waals surface area contributed by atoms with Crippen molar-refractivity contribution in [3.63, 3.8) is 0 Å². The predicted octanol–water partition coefficient (Wildman–Crippen LogP) is 5.46. The van der Waals surface area contributed by atoms with Crippen molar-refractivity contribution in [2.75, 3.05) is 33.0 Å². The molecule has 0 radical (unpaired) electrons. The van der Waals surface area contributed by atoms with Crippen LogP contribution in [0.3, 0.4) is 0 Å². The van der Waals surface area contributed by atoms with E-state index < -0.39 is 80.7 Å². The lowest BCUT2D eigenvalue weighted by Crippen LogP contribution is -2.61. The molecule has 0 amide bonds. The highest BCUT2D eigenvalue weighted by molar-refractivity contribution is 5.69. The molecule has 0 aliphatic carbocycles. The molecule has 0 aromatic rings. The van der Waals surface area contributed by atoms with Crippen molar-refractivity contribution in [3.8, 4) is 0 Å². The lowest BCUT2D eigenvalue weighted by molar-refractivity contribution is -0.332. The Hall–Kier alpha value is -1.79. The van der Waals surface area contributed by atoms with Gasteiger partial charge < -0.3 is 64.2 Å². The van der Waals surface area contributed by atoms with Gasteiger partial charge in [-0.15, -0.1) is 0 Å². The first-order chi connectivity index (χ1) is 29.1. The molecule has 2 fully saturated rings. The lowest BCUT2D eigenvalue weighted by atomic mass is 9.98. The SMILES string of the molecule is CC/C=C\C/C=C\C/C=C\CCCCCCOCC(COC1OC(COC2OC(CO)C(O)C(O)C2O)C(O)C(O)C1O)OC(=O)CCCCCCCCCCCCCC. The normalized spacial score (nSPS) is 28.0. The van der Waals surface area contributed by atoms with Crippen LogP contribution >= 0.6 is 0 Å². The first kappa shape index (κ1) is 54.3. The molecule has 14 heteroatoms. The van der Waals surface area contributed by atoms with Crippen molar-refractivity contribution in [1.29, 1.82) is 0 Å². The number of allylic oxidation sites excluding steroid dienone is 6. The van der Waals surface area contributed by atoms with E-state index in [1.807, 2.05) is 0 Å². The molecule has 11 atom stereocenters. The second kappa shape index (κ2) is 34.7. The summed E-state index contributed by atoms with van der Waals surface area (Å²) < 4.78 is 34.1. The van der Waals surface area contributed by atoms with E-state index in [-0.39, 0.29) is 25.6 Å². The van der Waals surface area contributed by atoms with Gasteiger partial charge in [-0.05, 0) is 44.9 Å². The Morgan fingerprint density at radius 2 is 1.08 bits per heavy atom. The van der Waals surface area contributed by atoms with Crippen LogP contribution in [-0.2, 0) is 33.2 Å². The second-order valence-corrected chi connectivity index (χ2v) is 16.2. The van der Waals surface area contributed by atoms with E-state index in [1.165, 1.54) is 51.4 Å². The van der Waals surface area contributed by atoms with Crippen LogP contribution in [0.15, 0.2) is 36.5 Å². The summed E-state index contributed by atoms with van der Waals surface area (Å²) in [6.07, 6.45) is 19.3. The number of carbonyl (C=O) groups excluding carboxylic acids is 1. The molecule has 350 valence electrons. The Balaban J connectivity index is 1.82. The molecule has 0 aromatic carbocycles. The van der Waals surface area contributed by atoms with Crippen LogP contribution < -0.4 is 0 Å². The average molecular weight is 859 g/mol. The minimum atomic E-state index is -1.71. The fraction of sp³-hybridized carbons (Fsp3) is 0.848. The molecular weight excluding hydrogens is 776 g/mol. The highest BCUT2D eigenvalue weighted by atomic mass is 16.7. The number of ether oxygens (including phenoxy) is 6. The van der Waals surface area contributed by atoms with Gasteiger partial charge in [0.25, 0.3) is 0 Å². The van der Waals surface area contributed by atoms with Gasteiger partial charge in [-0.1, -0.05) is 134 Å². The molecule has 2 rings (SSSR count). The maximum atomic E-state index is 12.9. The van der Waals surface area contributed by atoms with E-state index in [0.717, 1.165) is 70.6 Å². The van der Waals surface area contributed by atoms with Crippen LogP contribution in [0.5, 0.6) is 0 Å². The molecule has 0 bridgehead atoms. The molecule has 0 aromatic heterocycles. The zero-order valence-corrected chi connectivity index (χ0v) is 36.7. The number of aliphatic hydroxyl groups excluding tert-OH is 7. The molecule has 60 heavy (non-hydrogen) atoms. The summed E-state index contributed by atoms with van der Waals surface area (Å²) in [5, 5.41) is 71.9. The quantitative estimate of drug-likeness (QED) is 0.0240. The van der Waals surface area contributed by atoms with Crippen LogP contribution in [-0.4, -0.2) is 142 Å². The molecule has 0 spiro atoms. The van der Waals surface area contributed by atoms with Crippen molar-refractivity contribution in [1.82, 2.24) is 0 Å². The minimum Gasteiger partial charge on any atom is -0.457 e. The predicted molar refractivity (Wildman–Crippen MR) is 229 cm³/mol. The maximum Gasteiger partial charge on any atom is 0.306 e. The van der Waals surface area contributed by atoms with Crippen LogP contribution in [0.4, 0.5) is 0 Å². The summed E-state index contributed by atoms with van der Waals surface area (Å²) in [4.78, 5) is 12.9. The molecule has 2 heterocycles. The van der Waals surface area contributed by atoms with Gasteiger partial charge in [0, 0.05) is 13.0 Å². The summed E-state index contributed by atoms with van der Waals surface area (Å²) in [5.41, 5.74) is 0. The summed E-state index contributed by atoms with van der Waals surface area (Å²) in [5.74, 6) is -0.387. The van der Waals surface area contributed by atoms with Crippen molar-refractivity contribution < 1.29 is 69.0 Å². The number of carbonyl (C=O) groups is 1. The highest BCUT2D eigenvalue weighted by Crippen LogP contribution is 2.26. The molecule has 2 saturated heterocycles. The summed E-state index contributed by atoms with van der Waals surface area (Å²) in [6.45, 7) is 3.50. The zero-order valence-electron chi connectivity index (χ0n) is 36.7. The standard InChI is InChI=1S/C46H82O14/c1-3-5-7-9-11-13-15-17-18-20-22-24-26-28-30-55-32-35(58-38(48)29-27-25-23-21-19-16-14-12-10-8-6-4-2)33-56-45-44(54)42(52)40(50)37(60-45)34-57-46-43(53)41(51)39(49)36(31-47)59-46/h5,7,11,13,17-18,35-37,39-47,49-54H,3-4,6,8-10,12,14-16,19-34H2,1-2H3/b7-5-,13-11-,18-17-. The average Bonchev–Trinajstić information content (AvgIpc) is 3.24. The van der Waals surface area contributed by atoms with Crippen LogP contribution in [0, 0.1) is 0 Å². The molecule has 14 nitrogen and oxygen atoms in total. The molecule has 7 N–H and O–H groups in total. The van der Waals surface area contributed by atoms with E-state index in [4.69, 9.17) is 28.4 Å². The number of rotatable bonds is 35. The third-order valence-corrected chi connectivity index (χ3v) is 10.9. The van der Waals surface area contributed by atoms with Crippen molar-refractivity contribution in [3.05, 3.63) is 36.5 Å². The van der Waals surface area contributed by atoms with E-state index in [0.29, 0.717) is 13.0 Å². The maximum absolute atomic E-state index is 12.9. The van der Waals surface area contributed by atoms with E-state index in [9.17, 15) is 40.5 Å². The van der Waals surface area contributed by atoms with Crippen LogP contribution in [0.2, 0.25) is 0 Å². The molecule has 2 aliphatic heterocycles. The van der Waals surface area contributed by atoms with Gasteiger partial charge in [0.15, 0.2) is 12.6 Å². The topological polar surface area (TPSA) is 214 Å². The van der Waals surface area contributed by atoms with E-state index >= 15 is 0 Å². The van der Waals surface area contributed by atoms with Gasteiger partial charge in [0.05, 0.1) is 26.4 Å². The molecular formula is C46H82O14. The minimum absolute atomic E-state index is 0.0479. The molecule has 2 aliphatic rings. The van der Waals surface area contributed by atoms with Crippen molar-refractivity contribution >= 4 is 5.97 Å². The first-order valence-electron chi connectivity index (χ1n) is 23.1. The second-order valence-electron chi connectivity index (χ2n) is 16.2. The number of unbranched alkanes of at least 4 members (excludes halogenated alkanes) is 15. The molecule has 11 unspecified atom stereocenters. The number of hydrogen-bond donors (Lipinski definition) is 7. The van der Waals surface area contributed by atoms with Gasteiger partial charge in [-0.25, -0.2) is 0 Å². The number of esters is 1. The fourth-order valence-corrected chi connectivity index (χ4v) is 7.12. The van der Waals surface area contributed by atoms with Crippen LogP contribution in [0.1, 0.15) is 149 Å². The number of hydrogen-bond acceptors (Lipinski definition) is 14. The van der Waals surface area contributed by atoms with Gasteiger partial charge in [-0.2, -0.15) is 0 Å². The van der Waals surface area contributed by atoms with Gasteiger partial charge >= 0.3 is 5.97 Å². The summed E-state index contributed by atoms with van der Waals surface area (Å²) in [6, 6.07) is 0. The van der Waals surface area contributed by atoms with Crippen molar-refractivity contribution in [2.45, 2.75) is 216 Å². The van der Waals surface area contributed by atoms with Gasteiger partial charge in [0.2, 0.25) is 0 Å². The fourth-order valence-electron chi connectivity index (χ4n) is 7.12. The first-order valence-corrected chi connectivity index (χ1v) is 23.1. The smallest absolute Gasteiger partial charge is 0.306 e. The van der Waals surface area contributed by atoms with E-state index in [2.05, 4.69) is 50.3 Å². The van der Waals surface area contributed by atoms with Gasteiger partial charge in [-0.3, -0.25) is 4.79 Å². The summed E-state index contributed by atoms with van der Waals surface area (Å²) >= 11 is 0. The zero-order chi connectivity index (χ0) is 43.8. The Morgan fingerprint density at radius 1 is 0.567 bits per heavy atom. The molecule has 0 saturated carbocycles. The highest BCUT2D eigenvalue weighted by Gasteiger charge is 2.47. The van der Waals surface area contributed by atoms with Crippen LogP contribution in [0.25, 0.3) is 0 Å². The Kier molecular flexibility index (Phi) is 31.4. The summed E-state index contributed by atoms with van der Waals surface area (Å²) in [7, 11) is 0. The third-order valence-electron chi connectivity index (χ3n) is 10.9.